The molecule has 2 fully saturated rings. The van der Waals surface area contributed by atoms with Gasteiger partial charge in [0.05, 0.1) is 48.6 Å². The monoisotopic (exact) mass is 587 g/mol. The molecule has 5 heterocycles. The summed E-state index contributed by atoms with van der Waals surface area (Å²) in [6.07, 6.45) is 3.57. The van der Waals surface area contributed by atoms with E-state index in [2.05, 4.69) is 27.0 Å². The molecule has 4 aromatic rings. The van der Waals surface area contributed by atoms with E-state index in [9.17, 15) is 18.0 Å². The summed E-state index contributed by atoms with van der Waals surface area (Å²) >= 11 is 0. The third-order valence-corrected chi connectivity index (χ3v) is 7.53. The molecule has 2 aliphatic heterocycles. The average Bonchev–Trinajstić information content (AvgIpc) is 3.20. The number of likely N-dealkylation sites (tertiary alicyclic amines) is 1. The Hall–Kier alpha value is -3.97. The number of fused-ring (bicyclic) bond motifs is 3. The first-order valence-corrected chi connectivity index (χ1v) is 13.8. The molecule has 0 radical (unpaired) electrons. The van der Waals surface area contributed by atoms with Crippen molar-refractivity contribution in [1.29, 1.82) is 0 Å². The number of rotatable bonds is 7. The molecule has 0 spiro atoms. The van der Waals surface area contributed by atoms with Crippen molar-refractivity contribution in [3.8, 4) is 17.0 Å². The van der Waals surface area contributed by atoms with Gasteiger partial charge < -0.3 is 19.5 Å². The minimum atomic E-state index is -5.08. The number of ether oxygens (including phenoxy) is 2. The van der Waals surface area contributed by atoms with E-state index in [0.717, 1.165) is 46.0 Å². The van der Waals surface area contributed by atoms with Crippen molar-refractivity contribution in [2.45, 2.75) is 37.9 Å². The molecule has 0 unspecified atom stereocenters. The van der Waals surface area contributed by atoms with Gasteiger partial charge in [0.1, 0.15) is 0 Å². The summed E-state index contributed by atoms with van der Waals surface area (Å²) in [6.45, 7) is 5.33. The highest BCUT2D eigenvalue weighted by atomic mass is 19.4. The number of carboxylic acid groups (broad SMARTS) is 1. The van der Waals surface area contributed by atoms with Gasteiger partial charge in [-0.1, -0.05) is 12.5 Å². The summed E-state index contributed by atoms with van der Waals surface area (Å²) in [5.41, 5.74) is 4.61. The van der Waals surface area contributed by atoms with Crippen molar-refractivity contribution in [1.82, 2.24) is 24.0 Å². The fraction of sp³-hybridized carbons (Fsp3) is 0.448. The van der Waals surface area contributed by atoms with Crippen LogP contribution in [0.15, 0.2) is 47.5 Å². The van der Waals surface area contributed by atoms with Gasteiger partial charge >= 0.3 is 17.8 Å². The molecule has 0 bridgehead atoms. The highest BCUT2D eigenvalue weighted by molar-refractivity contribution is 6.04. The number of nitrogens with zero attached hydrogens (tertiary/aromatic N) is 5. The van der Waals surface area contributed by atoms with Crippen molar-refractivity contribution < 1.29 is 32.5 Å². The molecule has 2 saturated heterocycles. The average molecular weight is 588 g/mol. The fourth-order valence-electron chi connectivity index (χ4n) is 5.20. The SMILES string of the molecule is Cn1c(=O)n(C2COC2)c2c3cc(-c4ccc(OCCCN5CCCCC5)nc4)ccc3ncc21.O=C(O)C(F)(F)F. The number of aliphatic carboxylic acids is 1. The first kappa shape index (κ1) is 29.5. The van der Waals surface area contributed by atoms with E-state index >= 15 is 0 Å². The number of alkyl halides is 3. The molecule has 0 atom stereocenters. The number of aromatic nitrogens is 4. The van der Waals surface area contributed by atoms with Crippen LogP contribution in [0.4, 0.5) is 13.2 Å². The predicted octanol–water partition coefficient (Wildman–Crippen LogP) is 4.41. The second kappa shape index (κ2) is 12.5. The molecule has 0 aliphatic carbocycles. The van der Waals surface area contributed by atoms with Crippen molar-refractivity contribution in [3.05, 3.63) is 53.2 Å². The van der Waals surface area contributed by atoms with E-state index in [4.69, 9.17) is 19.4 Å². The van der Waals surface area contributed by atoms with Gasteiger partial charge in [0.25, 0.3) is 0 Å². The Labute approximate surface area is 239 Å². The minimum absolute atomic E-state index is 0.0311. The largest absolute Gasteiger partial charge is 0.490 e. The van der Waals surface area contributed by atoms with Gasteiger partial charge in [-0.3, -0.25) is 14.1 Å². The summed E-state index contributed by atoms with van der Waals surface area (Å²) in [4.78, 5) is 33.5. The minimum Gasteiger partial charge on any atom is -0.478 e. The fourth-order valence-corrected chi connectivity index (χ4v) is 5.20. The quantitative estimate of drug-likeness (QED) is 0.317. The van der Waals surface area contributed by atoms with Crippen LogP contribution in [0.2, 0.25) is 0 Å². The summed E-state index contributed by atoms with van der Waals surface area (Å²) in [6, 6.07) is 10.2. The van der Waals surface area contributed by atoms with Crippen LogP contribution in [-0.4, -0.2) is 80.7 Å². The zero-order chi connectivity index (χ0) is 29.9. The zero-order valence-corrected chi connectivity index (χ0v) is 23.1. The molecule has 13 heteroatoms. The van der Waals surface area contributed by atoms with Crippen LogP contribution in [0.25, 0.3) is 33.1 Å². The Balaban J connectivity index is 0.000000451. The third-order valence-electron chi connectivity index (χ3n) is 7.53. The number of piperidine rings is 1. The Morgan fingerprint density at radius 3 is 2.40 bits per heavy atom. The van der Waals surface area contributed by atoms with Crippen LogP contribution in [0.1, 0.15) is 31.7 Å². The molecule has 6 rings (SSSR count). The van der Waals surface area contributed by atoms with E-state index in [0.29, 0.717) is 25.7 Å². The maximum absolute atomic E-state index is 13.0. The van der Waals surface area contributed by atoms with E-state index < -0.39 is 12.1 Å². The van der Waals surface area contributed by atoms with Crippen LogP contribution < -0.4 is 10.4 Å². The van der Waals surface area contributed by atoms with Crippen molar-refractivity contribution in [2.24, 2.45) is 7.05 Å². The number of halogens is 3. The van der Waals surface area contributed by atoms with Crippen LogP contribution in [0.3, 0.4) is 0 Å². The maximum atomic E-state index is 13.0. The summed E-state index contributed by atoms with van der Waals surface area (Å²) in [7, 11) is 1.80. The lowest BCUT2D eigenvalue weighted by Gasteiger charge is -2.27. The van der Waals surface area contributed by atoms with Crippen LogP contribution in [-0.2, 0) is 16.6 Å². The van der Waals surface area contributed by atoms with Crippen molar-refractivity contribution in [3.63, 3.8) is 0 Å². The topological polar surface area (TPSA) is 112 Å². The smallest absolute Gasteiger partial charge is 0.478 e. The molecule has 1 aromatic carbocycles. The number of pyridine rings is 2. The molecule has 224 valence electrons. The normalized spacial score (nSPS) is 16.2. The van der Waals surface area contributed by atoms with Gasteiger partial charge in [0.15, 0.2) is 0 Å². The molecular formula is C29H32F3N5O5. The Morgan fingerprint density at radius 2 is 1.79 bits per heavy atom. The molecule has 42 heavy (non-hydrogen) atoms. The Bertz CT molecular complexity index is 1610. The van der Waals surface area contributed by atoms with Crippen LogP contribution in [0.5, 0.6) is 5.88 Å². The molecule has 1 N–H and O–H groups in total. The molecule has 2 aliphatic rings. The third kappa shape index (κ3) is 6.41. The number of carboxylic acids is 1. The van der Waals surface area contributed by atoms with Crippen molar-refractivity contribution in [2.75, 3.05) is 39.5 Å². The van der Waals surface area contributed by atoms with Crippen LogP contribution in [0, 0.1) is 0 Å². The first-order chi connectivity index (χ1) is 20.1. The van der Waals surface area contributed by atoms with Gasteiger partial charge in [0.2, 0.25) is 5.88 Å². The van der Waals surface area contributed by atoms with Crippen molar-refractivity contribution >= 4 is 27.9 Å². The van der Waals surface area contributed by atoms with E-state index in [1.54, 1.807) is 17.8 Å². The van der Waals surface area contributed by atoms with Gasteiger partial charge in [-0.05, 0) is 56.1 Å². The molecular weight excluding hydrogens is 555 g/mol. The molecule has 3 aromatic heterocycles. The lowest BCUT2D eigenvalue weighted by Crippen LogP contribution is -2.37. The van der Waals surface area contributed by atoms with E-state index in [1.165, 1.54) is 32.4 Å². The highest BCUT2D eigenvalue weighted by Gasteiger charge is 2.38. The van der Waals surface area contributed by atoms with Gasteiger partial charge in [-0.25, -0.2) is 14.6 Å². The second-order valence-electron chi connectivity index (χ2n) is 10.4. The second-order valence-corrected chi connectivity index (χ2v) is 10.4. The number of hydrogen-bond donors (Lipinski definition) is 1. The first-order valence-electron chi connectivity index (χ1n) is 13.8. The summed E-state index contributed by atoms with van der Waals surface area (Å²) in [5, 5.41) is 8.09. The summed E-state index contributed by atoms with van der Waals surface area (Å²) in [5.74, 6) is -2.10. The standard InChI is InChI=1S/C27H31N5O3.C2HF3O2/c1-30-24-16-28-23-8-6-19(14-22(23)26(24)32(27(30)33)21-17-34-18-21)20-7-9-25(29-15-20)35-13-5-12-31-10-3-2-4-11-31;3-2(4,5)1(6)7/h6-9,14-16,21H,2-5,10-13,17-18H2,1H3;(H,6,7). The zero-order valence-electron chi connectivity index (χ0n) is 23.1. The Kier molecular flexibility index (Phi) is 8.78. The number of benzene rings is 1. The number of aryl methyl sites for hydroxylation is 1. The molecule has 10 nitrogen and oxygen atoms in total. The number of carbonyl (C=O) groups is 1. The Morgan fingerprint density at radius 1 is 1.07 bits per heavy atom. The van der Waals surface area contributed by atoms with E-state index in [1.807, 2.05) is 29.0 Å². The maximum Gasteiger partial charge on any atom is 0.490 e. The van der Waals surface area contributed by atoms with E-state index in [-0.39, 0.29) is 11.7 Å². The lowest BCUT2D eigenvalue weighted by molar-refractivity contribution is -0.192. The number of hydrogen-bond acceptors (Lipinski definition) is 7. The molecule has 0 saturated carbocycles. The lowest BCUT2D eigenvalue weighted by atomic mass is 10.0. The van der Waals surface area contributed by atoms with Crippen LogP contribution >= 0.6 is 0 Å². The van der Waals surface area contributed by atoms with Gasteiger partial charge in [-0.2, -0.15) is 13.2 Å². The molecule has 0 amide bonds. The highest BCUT2D eigenvalue weighted by Crippen LogP contribution is 2.31. The summed E-state index contributed by atoms with van der Waals surface area (Å²) < 4.78 is 46.5. The predicted molar refractivity (Wildman–Crippen MR) is 150 cm³/mol. The van der Waals surface area contributed by atoms with Gasteiger partial charge in [0, 0.05) is 36.8 Å². The van der Waals surface area contributed by atoms with Gasteiger partial charge in [-0.15, -0.1) is 0 Å². The number of imidazole rings is 1.